The van der Waals surface area contributed by atoms with Crippen LogP contribution in [0.3, 0.4) is 0 Å². The number of rotatable bonds is 4. The Balaban J connectivity index is 1.59. The lowest BCUT2D eigenvalue weighted by molar-refractivity contribution is -0.122. The van der Waals surface area contributed by atoms with Crippen LogP contribution in [-0.2, 0) is 11.3 Å². The van der Waals surface area contributed by atoms with Gasteiger partial charge >= 0.3 is 0 Å². The number of para-hydroxylation sites is 1. The van der Waals surface area contributed by atoms with Crippen LogP contribution >= 0.6 is 0 Å². The Kier molecular flexibility index (Phi) is 4.28. The van der Waals surface area contributed by atoms with E-state index in [4.69, 9.17) is 4.42 Å². The quantitative estimate of drug-likeness (QED) is 0.785. The lowest BCUT2D eigenvalue weighted by Gasteiger charge is -2.25. The minimum Gasteiger partial charge on any atom is -0.467 e. The molecule has 130 valence electrons. The summed E-state index contributed by atoms with van der Waals surface area (Å²) in [7, 11) is 0. The fourth-order valence-electron chi connectivity index (χ4n) is 3.42. The molecule has 1 atom stereocenters. The van der Waals surface area contributed by atoms with Crippen LogP contribution in [-0.4, -0.2) is 23.5 Å². The van der Waals surface area contributed by atoms with Crippen LogP contribution in [0.2, 0.25) is 0 Å². The van der Waals surface area contributed by atoms with E-state index < -0.39 is 0 Å². The highest BCUT2D eigenvalue weighted by molar-refractivity contribution is 5.89. The summed E-state index contributed by atoms with van der Waals surface area (Å²) in [6.45, 7) is 1.11. The number of fused-ring (bicyclic) bond motifs is 1. The molecule has 0 spiro atoms. The van der Waals surface area contributed by atoms with Gasteiger partial charge in [0.05, 0.1) is 30.0 Å². The number of hydrogen-bond donors (Lipinski definition) is 1. The van der Waals surface area contributed by atoms with E-state index in [2.05, 4.69) is 16.4 Å². The first-order chi connectivity index (χ1) is 12.8. The fourth-order valence-corrected chi connectivity index (χ4v) is 3.42. The Morgan fingerprint density at radius 1 is 1.35 bits per heavy atom. The van der Waals surface area contributed by atoms with Crippen molar-refractivity contribution in [1.82, 2.24) is 10.3 Å². The number of hydrogen-bond acceptors (Lipinski definition) is 5. The van der Waals surface area contributed by atoms with E-state index in [1.807, 2.05) is 35.2 Å². The highest BCUT2D eigenvalue weighted by atomic mass is 16.3. The smallest absolute Gasteiger partial charge is 0.243 e. The predicted molar refractivity (Wildman–Crippen MR) is 97.4 cm³/mol. The number of aromatic nitrogens is 1. The molecule has 3 aromatic rings. The molecule has 6 heteroatoms. The molecule has 2 aromatic heterocycles. The third-order valence-corrected chi connectivity index (χ3v) is 4.69. The van der Waals surface area contributed by atoms with Crippen LogP contribution in [0.4, 0.5) is 5.82 Å². The molecule has 4 rings (SSSR count). The van der Waals surface area contributed by atoms with Crippen LogP contribution < -0.4 is 10.2 Å². The second-order valence-corrected chi connectivity index (χ2v) is 6.31. The van der Waals surface area contributed by atoms with E-state index in [1.54, 1.807) is 18.4 Å². The molecule has 0 aliphatic carbocycles. The number of nitriles is 1. The molecule has 0 radical (unpaired) electrons. The summed E-state index contributed by atoms with van der Waals surface area (Å²) < 4.78 is 5.26. The summed E-state index contributed by atoms with van der Waals surface area (Å²) in [6, 6.07) is 14.9. The van der Waals surface area contributed by atoms with Crippen molar-refractivity contribution < 1.29 is 9.21 Å². The zero-order valence-electron chi connectivity index (χ0n) is 14.2. The highest BCUT2D eigenvalue weighted by Gasteiger charge is 2.32. The molecule has 3 heterocycles. The Hall–Kier alpha value is -3.33. The van der Waals surface area contributed by atoms with Crippen molar-refractivity contribution in [2.75, 3.05) is 11.4 Å². The minimum absolute atomic E-state index is 0.0487. The van der Waals surface area contributed by atoms with Crippen molar-refractivity contribution in [3.8, 4) is 6.07 Å². The Bertz CT molecular complexity index is 975. The lowest BCUT2D eigenvalue weighted by atomic mass is 10.1. The van der Waals surface area contributed by atoms with Gasteiger partial charge in [-0.25, -0.2) is 4.98 Å². The first-order valence-electron chi connectivity index (χ1n) is 8.63. The van der Waals surface area contributed by atoms with Gasteiger partial charge in [-0.3, -0.25) is 4.79 Å². The molecule has 1 aliphatic rings. The van der Waals surface area contributed by atoms with Crippen LogP contribution in [0.5, 0.6) is 0 Å². The van der Waals surface area contributed by atoms with Crippen molar-refractivity contribution in [2.24, 2.45) is 0 Å². The average Bonchev–Trinajstić information content (AvgIpc) is 3.37. The van der Waals surface area contributed by atoms with Gasteiger partial charge in [0.15, 0.2) is 0 Å². The number of anilines is 1. The second kappa shape index (κ2) is 6.89. The van der Waals surface area contributed by atoms with E-state index in [-0.39, 0.29) is 11.9 Å². The molecule has 0 bridgehead atoms. The van der Waals surface area contributed by atoms with E-state index in [0.717, 1.165) is 36.0 Å². The molecule has 1 aromatic carbocycles. The second-order valence-electron chi connectivity index (χ2n) is 6.31. The van der Waals surface area contributed by atoms with Crippen LogP contribution in [0.1, 0.15) is 24.2 Å². The minimum atomic E-state index is -0.287. The first kappa shape index (κ1) is 16.2. The van der Waals surface area contributed by atoms with Crippen molar-refractivity contribution in [2.45, 2.75) is 25.4 Å². The summed E-state index contributed by atoms with van der Waals surface area (Å²) in [5.74, 6) is 1.35. The van der Waals surface area contributed by atoms with Crippen molar-refractivity contribution in [1.29, 1.82) is 5.26 Å². The average molecular weight is 346 g/mol. The summed E-state index contributed by atoms with van der Waals surface area (Å²) in [5.41, 5.74) is 1.34. The first-order valence-corrected chi connectivity index (χ1v) is 8.63. The Labute approximate surface area is 151 Å². The maximum absolute atomic E-state index is 12.7. The normalized spacial score (nSPS) is 16.6. The highest BCUT2D eigenvalue weighted by Crippen LogP contribution is 2.28. The zero-order valence-corrected chi connectivity index (χ0v) is 14.2. The van der Waals surface area contributed by atoms with Gasteiger partial charge in [0, 0.05) is 11.9 Å². The number of furan rings is 1. The number of carbonyl (C=O) groups excluding carboxylic acids is 1. The number of benzene rings is 1. The number of nitrogens with zero attached hydrogens (tertiary/aromatic N) is 3. The van der Waals surface area contributed by atoms with Crippen LogP contribution in [0.15, 0.2) is 53.1 Å². The van der Waals surface area contributed by atoms with Gasteiger partial charge < -0.3 is 14.6 Å². The van der Waals surface area contributed by atoms with Crippen LogP contribution in [0, 0.1) is 11.3 Å². The molecule has 1 aliphatic heterocycles. The zero-order chi connectivity index (χ0) is 17.9. The molecule has 0 unspecified atom stereocenters. The van der Waals surface area contributed by atoms with E-state index in [0.29, 0.717) is 17.9 Å². The van der Waals surface area contributed by atoms with Gasteiger partial charge in [0.25, 0.3) is 0 Å². The van der Waals surface area contributed by atoms with Gasteiger partial charge in [0.2, 0.25) is 5.91 Å². The fraction of sp³-hybridized carbons (Fsp3) is 0.250. The molecule has 1 N–H and O–H groups in total. The maximum Gasteiger partial charge on any atom is 0.243 e. The SMILES string of the molecule is N#Cc1cc(N2CCC[C@@H]2C(=O)NCc2ccco2)nc2ccccc12. The van der Waals surface area contributed by atoms with Crippen LogP contribution in [0.25, 0.3) is 10.9 Å². The monoisotopic (exact) mass is 346 g/mol. The number of nitrogens with one attached hydrogen (secondary N) is 1. The van der Waals surface area contributed by atoms with E-state index in [1.165, 1.54) is 0 Å². The summed E-state index contributed by atoms with van der Waals surface area (Å²) in [6.07, 6.45) is 3.27. The molecule has 6 nitrogen and oxygen atoms in total. The molecule has 26 heavy (non-hydrogen) atoms. The number of amides is 1. The van der Waals surface area contributed by atoms with Crippen molar-refractivity contribution >= 4 is 22.6 Å². The third kappa shape index (κ3) is 3.00. The molecule has 1 saturated heterocycles. The summed E-state index contributed by atoms with van der Waals surface area (Å²) >= 11 is 0. The Morgan fingerprint density at radius 3 is 3.04 bits per heavy atom. The van der Waals surface area contributed by atoms with Crippen molar-refractivity contribution in [3.05, 3.63) is 60.1 Å². The number of carbonyl (C=O) groups is 1. The van der Waals surface area contributed by atoms with Gasteiger partial charge in [-0.1, -0.05) is 18.2 Å². The molecular weight excluding hydrogens is 328 g/mol. The summed E-state index contributed by atoms with van der Waals surface area (Å²) in [5, 5.41) is 13.2. The van der Waals surface area contributed by atoms with Gasteiger partial charge in [-0.15, -0.1) is 0 Å². The van der Waals surface area contributed by atoms with Gasteiger partial charge in [0.1, 0.15) is 17.6 Å². The largest absolute Gasteiger partial charge is 0.467 e. The predicted octanol–water partition coefficient (Wildman–Crippen LogP) is 2.98. The third-order valence-electron chi connectivity index (χ3n) is 4.69. The molecule has 1 amide bonds. The summed E-state index contributed by atoms with van der Waals surface area (Å²) in [4.78, 5) is 19.3. The van der Waals surface area contributed by atoms with Gasteiger partial charge in [-0.2, -0.15) is 5.26 Å². The standard InChI is InChI=1S/C20H18N4O2/c21-12-14-11-19(23-17-7-2-1-6-16(14)17)24-9-3-8-18(24)20(25)22-13-15-5-4-10-26-15/h1-2,4-7,10-11,18H,3,8-9,13H2,(H,22,25)/t18-/m1/s1. The molecular formula is C20H18N4O2. The van der Waals surface area contributed by atoms with Crippen molar-refractivity contribution in [3.63, 3.8) is 0 Å². The molecule has 0 saturated carbocycles. The lowest BCUT2D eigenvalue weighted by Crippen LogP contribution is -2.43. The molecule has 1 fully saturated rings. The maximum atomic E-state index is 12.7. The van der Waals surface area contributed by atoms with Gasteiger partial charge in [-0.05, 0) is 37.1 Å². The number of pyridine rings is 1. The topological polar surface area (TPSA) is 82.2 Å². The van der Waals surface area contributed by atoms with E-state index >= 15 is 0 Å². The Morgan fingerprint density at radius 2 is 2.23 bits per heavy atom. The van der Waals surface area contributed by atoms with E-state index in [9.17, 15) is 10.1 Å².